The summed E-state index contributed by atoms with van der Waals surface area (Å²) in [6.07, 6.45) is 1.09. The lowest BCUT2D eigenvalue weighted by atomic mass is 9.84. The fraction of sp³-hybridized carbons (Fsp3) is 0.571. The quantitative estimate of drug-likeness (QED) is 0.910. The van der Waals surface area contributed by atoms with Crippen LogP contribution in [0.1, 0.15) is 27.2 Å². The number of likely N-dealkylation sites (tertiary alicyclic amines) is 1. The van der Waals surface area contributed by atoms with Crippen LogP contribution in [0.4, 0.5) is 4.79 Å². The lowest BCUT2D eigenvalue weighted by Crippen LogP contribution is -2.48. The van der Waals surface area contributed by atoms with E-state index in [0.29, 0.717) is 23.9 Å². The molecule has 1 unspecified atom stereocenters. The Labute approximate surface area is 123 Å². The number of carbonyl (C=O) groups is 1. The van der Waals surface area contributed by atoms with Gasteiger partial charge in [-0.1, -0.05) is 32.4 Å². The highest BCUT2D eigenvalue weighted by Crippen LogP contribution is 2.35. The van der Waals surface area contributed by atoms with Crippen molar-refractivity contribution in [1.29, 1.82) is 0 Å². The van der Waals surface area contributed by atoms with Gasteiger partial charge < -0.3 is 14.7 Å². The number of ether oxygens (including phenoxy) is 1. The molecule has 1 aliphatic heterocycles. The second-order valence-corrected chi connectivity index (χ2v) is 6.48. The van der Waals surface area contributed by atoms with Gasteiger partial charge in [0.2, 0.25) is 5.88 Å². The zero-order chi connectivity index (χ0) is 14.9. The van der Waals surface area contributed by atoms with Crippen LogP contribution in [-0.2, 0) is 0 Å². The minimum Gasteiger partial charge on any atom is -0.472 e. The standard InChI is InChI=1S/C14H19ClN2O3/c1-14(2,3)12-10(6-7-17(12)13(18)19)20-11-5-4-9(15)8-16-11/h4-5,8,10,12H,6-7H2,1-3H3,(H,18,19)/t10-,12?/m0/s1. The molecule has 5 nitrogen and oxygen atoms in total. The molecule has 20 heavy (non-hydrogen) atoms. The number of halogens is 1. The van der Waals surface area contributed by atoms with Crippen LogP contribution in [0, 0.1) is 5.41 Å². The van der Waals surface area contributed by atoms with Crippen LogP contribution >= 0.6 is 11.6 Å². The molecule has 110 valence electrons. The van der Waals surface area contributed by atoms with Crippen LogP contribution in [0.25, 0.3) is 0 Å². The summed E-state index contributed by atoms with van der Waals surface area (Å²) in [5.74, 6) is 0.473. The van der Waals surface area contributed by atoms with E-state index in [-0.39, 0.29) is 17.6 Å². The minimum atomic E-state index is -0.903. The van der Waals surface area contributed by atoms with E-state index in [0.717, 1.165) is 0 Å². The molecule has 1 aliphatic rings. The Hall–Kier alpha value is -1.49. The molecule has 1 saturated heterocycles. The van der Waals surface area contributed by atoms with Crippen molar-refractivity contribution in [3.63, 3.8) is 0 Å². The van der Waals surface area contributed by atoms with Crippen molar-refractivity contribution in [2.75, 3.05) is 6.54 Å². The molecule has 0 spiro atoms. The monoisotopic (exact) mass is 298 g/mol. The maximum absolute atomic E-state index is 11.3. The second-order valence-electron chi connectivity index (χ2n) is 6.05. The molecule has 2 heterocycles. The van der Waals surface area contributed by atoms with Crippen molar-refractivity contribution in [2.45, 2.75) is 39.3 Å². The fourth-order valence-electron chi connectivity index (χ4n) is 2.71. The molecule has 1 aromatic rings. The Kier molecular flexibility index (Phi) is 4.09. The highest BCUT2D eigenvalue weighted by atomic mass is 35.5. The Morgan fingerprint density at radius 3 is 2.70 bits per heavy atom. The summed E-state index contributed by atoms with van der Waals surface area (Å²) in [4.78, 5) is 16.9. The molecule has 0 bridgehead atoms. The number of rotatable bonds is 2. The van der Waals surface area contributed by atoms with E-state index in [4.69, 9.17) is 16.3 Å². The summed E-state index contributed by atoms with van der Waals surface area (Å²) in [6.45, 7) is 6.54. The first-order valence-corrected chi connectivity index (χ1v) is 6.94. The Balaban J connectivity index is 2.18. The molecule has 1 N–H and O–H groups in total. The van der Waals surface area contributed by atoms with Crippen LogP contribution in [0.5, 0.6) is 5.88 Å². The third-order valence-electron chi connectivity index (χ3n) is 3.45. The summed E-state index contributed by atoms with van der Waals surface area (Å²) >= 11 is 5.79. The van der Waals surface area contributed by atoms with Gasteiger partial charge in [0.25, 0.3) is 0 Å². The molecule has 0 saturated carbocycles. The van der Waals surface area contributed by atoms with Gasteiger partial charge in [0, 0.05) is 25.2 Å². The summed E-state index contributed by atoms with van der Waals surface area (Å²) in [5.41, 5.74) is -0.202. The third kappa shape index (κ3) is 3.15. The summed E-state index contributed by atoms with van der Waals surface area (Å²) in [7, 11) is 0. The van der Waals surface area contributed by atoms with Crippen LogP contribution < -0.4 is 4.74 Å². The predicted octanol–water partition coefficient (Wildman–Crippen LogP) is 3.28. The number of nitrogens with zero attached hydrogens (tertiary/aromatic N) is 2. The van der Waals surface area contributed by atoms with Crippen molar-refractivity contribution in [1.82, 2.24) is 9.88 Å². The first-order valence-electron chi connectivity index (χ1n) is 6.57. The highest BCUT2D eigenvalue weighted by molar-refractivity contribution is 6.30. The average molecular weight is 299 g/mol. The van der Waals surface area contributed by atoms with E-state index < -0.39 is 6.09 Å². The maximum atomic E-state index is 11.3. The molecule has 1 aromatic heterocycles. The van der Waals surface area contributed by atoms with E-state index in [1.54, 1.807) is 12.1 Å². The highest BCUT2D eigenvalue weighted by Gasteiger charge is 2.45. The predicted molar refractivity (Wildman–Crippen MR) is 76.3 cm³/mol. The summed E-state index contributed by atoms with van der Waals surface area (Å²) in [5, 5.41) is 9.85. The molecule has 0 radical (unpaired) electrons. The van der Waals surface area contributed by atoms with E-state index in [1.165, 1.54) is 11.1 Å². The number of amides is 1. The van der Waals surface area contributed by atoms with Gasteiger partial charge in [-0.25, -0.2) is 9.78 Å². The summed E-state index contributed by atoms with van der Waals surface area (Å²) in [6, 6.07) is 3.21. The van der Waals surface area contributed by atoms with Gasteiger partial charge in [-0.15, -0.1) is 0 Å². The van der Waals surface area contributed by atoms with Gasteiger partial charge in [-0.05, 0) is 11.5 Å². The van der Waals surface area contributed by atoms with Crippen molar-refractivity contribution in [2.24, 2.45) is 5.41 Å². The first kappa shape index (κ1) is 14.9. The zero-order valence-corrected chi connectivity index (χ0v) is 12.6. The van der Waals surface area contributed by atoms with Gasteiger partial charge in [0.15, 0.2) is 0 Å². The van der Waals surface area contributed by atoms with Crippen molar-refractivity contribution in [3.8, 4) is 5.88 Å². The Bertz CT molecular complexity index is 484. The van der Waals surface area contributed by atoms with Crippen molar-refractivity contribution >= 4 is 17.7 Å². The van der Waals surface area contributed by atoms with E-state index in [2.05, 4.69) is 4.98 Å². The first-order chi connectivity index (χ1) is 9.29. The molecule has 6 heteroatoms. The van der Waals surface area contributed by atoms with Crippen LogP contribution in [0.3, 0.4) is 0 Å². The van der Waals surface area contributed by atoms with Gasteiger partial charge in [0.05, 0.1) is 11.1 Å². The number of hydrogen-bond acceptors (Lipinski definition) is 3. The Morgan fingerprint density at radius 2 is 2.20 bits per heavy atom. The van der Waals surface area contributed by atoms with Gasteiger partial charge in [0.1, 0.15) is 6.10 Å². The van der Waals surface area contributed by atoms with E-state index >= 15 is 0 Å². The molecular formula is C14H19ClN2O3. The van der Waals surface area contributed by atoms with Gasteiger partial charge >= 0.3 is 6.09 Å². The second kappa shape index (κ2) is 5.48. The van der Waals surface area contributed by atoms with Gasteiger partial charge in [-0.2, -0.15) is 0 Å². The zero-order valence-electron chi connectivity index (χ0n) is 11.8. The molecule has 0 aromatic carbocycles. The topological polar surface area (TPSA) is 62.7 Å². The summed E-state index contributed by atoms with van der Waals surface area (Å²) < 4.78 is 5.88. The number of aromatic nitrogens is 1. The lowest BCUT2D eigenvalue weighted by molar-refractivity contribution is 0.0553. The number of pyridine rings is 1. The molecule has 1 amide bonds. The van der Waals surface area contributed by atoms with Crippen molar-refractivity contribution < 1.29 is 14.6 Å². The van der Waals surface area contributed by atoms with Crippen LogP contribution in [0.15, 0.2) is 18.3 Å². The van der Waals surface area contributed by atoms with Crippen molar-refractivity contribution in [3.05, 3.63) is 23.4 Å². The SMILES string of the molecule is CC(C)(C)C1[C@@H](Oc2ccc(Cl)cn2)CCN1C(=O)O. The van der Waals surface area contributed by atoms with E-state index in [1.807, 2.05) is 20.8 Å². The normalized spacial score (nSPS) is 22.9. The molecular weight excluding hydrogens is 280 g/mol. The van der Waals surface area contributed by atoms with Crippen LogP contribution in [-0.4, -0.2) is 39.8 Å². The average Bonchev–Trinajstić information content (AvgIpc) is 2.76. The van der Waals surface area contributed by atoms with Gasteiger partial charge in [-0.3, -0.25) is 0 Å². The smallest absolute Gasteiger partial charge is 0.407 e. The molecule has 1 fully saturated rings. The molecule has 0 aliphatic carbocycles. The van der Waals surface area contributed by atoms with E-state index in [9.17, 15) is 9.90 Å². The molecule has 2 atom stereocenters. The maximum Gasteiger partial charge on any atom is 0.407 e. The fourth-order valence-corrected chi connectivity index (χ4v) is 2.83. The number of carboxylic acid groups (broad SMARTS) is 1. The lowest BCUT2D eigenvalue weighted by Gasteiger charge is -2.36. The minimum absolute atomic E-state index is 0.195. The largest absolute Gasteiger partial charge is 0.472 e. The van der Waals surface area contributed by atoms with Crippen LogP contribution in [0.2, 0.25) is 5.02 Å². The third-order valence-corrected chi connectivity index (χ3v) is 3.67. The molecule has 2 rings (SSSR count). The number of hydrogen-bond donors (Lipinski definition) is 1. The Morgan fingerprint density at radius 1 is 1.50 bits per heavy atom.